The number of methoxy groups -OCH3 is 1. The van der Waals surface area contributed by atoms with Gasteiger partial charge in [0.15, 0.2) is 0 Å². The van der Waals surface area contributed by atoms with E-state index in [1.807, 2.05) is 30.5 Å². The summed E-state index contributed by atoms with van der Waals surface area (Å²) in [7, 11) is 1.68. The van der Waals surface area contributed by atoms with E-state index in [-0.39, 0.29) is 5.56 Å². The number of rotatable bonds is 5. The molecule has 0 amide bonds. The molecule has 1 aromatic carbocycles. The Morgan fingerprint density at radius 2 is 2.06 bits per heavy atom. The standard InChI is InChI=1S/C24H28N4O2S/c1-30-21-10-6-5-9-18(21)24-25-13-17(31-24)14-28-12-11-20-19(15-28)23(29)27-22(26-20)16-7-3-2-4-8-16/h5-6,9-10,13,16H,2-4,7-8,11-12,14-15H2,1H3,(H,26,27,29). The summed E-state index contributed by atoms with van der Waals surface area (Å²) in [6.07, 6.45) is 8.85. The molecule has 1 saturated carbocycles. The minimum absolute atomic E-state index is 0.0503. The van der Waals surface area contributed by atoms with Crippen LogP contribution in [0.25, 0.3) is 10.6 Å². The molecule has 31 heavy (non-hydrogen) atoms. The molecule has 162 valence electrons. The summed E-state index contributed by atoms with van der Waals surface area (Å²) in [5, 5.41) is 0.960. The van der Waals surface area contributed by atoms with E-state index in [0.717, 1.165) is 65.8 Å². The minimum Gasteiger partial charge on any atom is -0.496 e. The Morgan fingerprint density at radius 1 is 1.23 bits per heavy atom. The van der Waals surface area contributed by atoms with Gasteiger partial charge >= 0.3 is 0 Å². The number of nitrogens with zero attached hydrogens (tertiary/aromatic N) is 3. The van der Waals surface area contributed by atoms with E-state index in [9.17, 15) is 4.79 Å². The minimum atomic E-state index is 0.0503. The van der Waals surface area contributed by atoms with Gasteiger partial charge in [-0.1, -0.05) is 31.4 Å². The maximum atomic E-state index is 12.8. The molecule has 3 aromatic rings. The van der Waals surface area contributed by atoms with Crippen molar-refractivity contribution in [1.82, 2.24) is 19.9 Å². The van der Waals surface area contributed by atoms with Gasteiger partial charge in [-0.2, -0.15) is 0 Å². The Bertz CT molecular complexity index is 1120. The molecule has 0 radical (unpaired) electrons. The zero-order valence-electron chi connectivity index (χ0n) is 17.9. The number of para-hydroxylation sites is 1. The molecule has 1 aliphatic carbocycles. The second kappa shape index (κ2) is 8.93. The van der Waals surface area contributed by atoms with Gasteiger partial charge in [0.1, 0.15) is 16.6 Å². The van der Waals surface area contributed by atoms with E-state index >= 15 is 0 Å². The average Bonchev–Trinajstić information content (AvgIpc) is 3.28. The van der Waals surface area contributed by atoms with E-state index in [4.69, 9.17) is 9.72 Å². The molecule has 1 aliphatic heterocycles. The Hall–Kier alpha value is -2.51. The summed E-state index contributed by atoms with van der Waals surface area (Å²) in [6.45, 7) is 2.34. The Morgan fingerprint density at radius 3 is 2.90 bits per heavy atom. The lowest BCUT2D eigenvalue weighted by Gasteiger charge is -2.28. The van der Waals surface area contributed by atoms with Crippen LogP contribution in [0.1, 0.15) is 60.0 Å². The smallest absolute Gasteiger partial charge is 0.255 e. The average molecular weight is 437 g/mol. The number of nitrogens with one attached hydrogen (secondary N) is 1. The van der Waals surface area contributed by atoms with Gasteiger partial charge in [-0.15, -0.1) is 11.3 Å². The monoisotopic (exact) mass is 436 g/mol. The number of hydrogen-bond acceptors (Lipinski definition) is 6. The summed E-state index contributed by atoms with van der Waals surface area (Å²) in [4.78, 5) is 29.0. The van der Waals surface area contributed by atoms with Crippen LogP contribution in [0.2, 0.25) is 0 Å². The van der Waals surface area contributed by atoms with Gasteiger partial charge in [0, 0.05) is 43.0 Å². The number of benzene rings is 1. The third kappa shape index (κ3) is 4.29. The third-order valence-corrected chi connectivity index (χ3v) is 7.44. The molecule has 0 atom stereocenters. The number of thiazole rings is 1. The number of fused-ring (bicyclic) bond motifs is 1. The molecule has 0 saturated heterocycles. The van der Waals surface area contributed by atoms with Gasteiger partial charge < -0.3 is 9.72 Å². The Kier molecular flexibility index (Phi) is 5.87. The summed E-state index contributed by atoms with van der Waals surface area (Å²) in [5.74, 6) is 2.18. The maximum Gasteiger partial charge on any atom is 0.255 e. The SMILES string of the molecule is COc1ccccc1-c1ncc(CN2CCc3nc(C4CCCCC4)[nH]c(=O)c3C2)s1. The van der Waals surface area contributed by atoms with Gasteiger partial charge in [0.05, 0.1) is 23.9 Å². The molecular formula is C24H28N4O2S. The predicted molar refractivity (Wildman–Crippen MR) is 123 cm³/mol. The quantitative estimate of drug-likeness (QED) is 0.637. The first kappa shape index (κ1) is 20.4. The topological polar surface area (TPSA) is 71.1 Å². The second-order valence-corrected chi connectivity index (χ2v) is 9.62. The fourth-order valence-electron chi connectivity index (χ4n) is 4.75. The Labute approximate surface area is 186 Å². The van der Waals surface area contributed by atoms with Crippen molar-refractivity contribution in [3.63, 3.8) is 0 Å². The molecule has 1 fully saturated rings. The normalized spacial score (nSPS) is 17.5. The van der Waals surface area contributed by atoms with Crippen LogP contribution in [0.4, 0.5) is 0 Å². The lowest BCUT2D eigenvalue weighted by Crippen LogP contribution is -2.36. The van der Waals surface area contributed by atoms with Crippen LogP contribution >= 0.6 is 11.3 Å². The van der Waals surface area contributed by atoms with Crippen molar-refractivity contribution in [2.75, 3.05) is 13.7 Å². The van der Waals surface area contributed by atoms with Gasteiger partial charge in [-0.25, -0.2) is 9.97 Å². The first-order valence-electron chi connectivity index (χ1n) is 11.1. The van der Waals surface area contributed by atoms with E-state index in [1.165, 1.54) is 24.1 Å². The van der Waals surface area contributed by atoms with Gasteiger partial charge in [0.2, 0.25) is 0 Å². The van der Waals surface area contributed by atoms with Crippen molar-refractivity contribution >= 4 is 11.3 Å². The predicted octanol–water partition coefficient (Wildman–Crippen LogP) is 4.51. The van der Waals surface area contributed by atoms with Crippen molar-refractivity contribution in [2.24, 2.45) is 0 Å². The summed E-state index contributed by atoms with van der Waals surface area (Å²) >= 11 is 1.68. The summed E-state index contributed by atoms with van der Waals surface area (Å²) in [6, 6.07) is 7.96. The fourth-order valence-corrected chi connectivity index (χ4v) is 5.74. The van der Waals surface area contributed by atoms with Crippen LogP contribution < -0.4 is 10.3 Å². The van der Waals surface area contributed by atoms with Crippen LogP contribution in [0.5, 0.6) is 5.75 Å². The lowest BCUT2D eigenvalue weighted by molar-refractivity contribution is 0.243. The van der Waals surface area contributed by atoms with Crippen molar-refractivity contribution < 1.29 is 4.74 Å². The summed E-state index contributed by atoms with van der Waals surface area (Å²) < 4.78 is 5.48. The van der Waals surface area contributed by atoms with Gasteiger partial charge in [-0.05, 0) is 25.0 Å². The number of aromatic amines is 1. The first-order chi connectivity index (χ1) is 15.2. The van der Waals surface area contributed by atoms with Crippen molar-refractivity contribution in [3.8, 4) is 16.3 Å². The van der Waals surface area contributed by atoms with E-state index in [2.05, 4.69) is 14.9 Å². The molecule has 7 heteroatoms. The fraction of sp³-hybridized carbons (Fsp3) is 0.458. The van der Waals surface area contributed by atoms with E-state index < -0.39 is 0 Å². The van der Waals surface area contributed by atoms with Crippen LogP contribution in [-0.2, 0) is 19.5 Å². The van der Waals surface area contributed by atoms with Crippen LogP contribution in [0, 0.1) is 0 Å². The largest absolute Gasteiger partial charge is 0.496 e. The van der Waals surface area contributed by atoms with Crippen molar-refractivity contribution in [1.29, 1.82) is 0 Å². The molecule has 3 heterocycles. The van der Waals surface area contributed by atoms with Crippen LogP contribution in [0.3, 0.4) is 0 Å². The van der Waals surface area contributed by atoms with E-state index in [1.54, 1.807) is 18.4 Å². The molecule has 2 aromatic heterocycles. The molecular weight excluding hydrogens is 408 g/mol. The molecule has 0 bridgehead atoms. The number of H-pyrrole nitrogens is 1. The molecule has 2 aliphatic rings. The molecule has 6 nitrogen and oxygen atoms in total. The highest BCUT2D eigenvalue weighted by molar-refractivity contribution is 7.15. The van der Waals surface area contributed by atoms with Crippen LogP contribution in [0.15, 0.2) is 35.3 Å². The summed E-state index contributed by atoms with van der Waals surface area (Å²) in [5.41, 5.74) is 2.90. The highest BCUT2D eigenvalue weighted by Gasteiger charge is 2.25. The highest BCUT2D eigenvalue weighted by atomic mass is 32.1. The Balaban J connectivity index is 1.30. The first-order valence-corrected chi connectivity index (χ1v) is 12.0. The highest BCUT2D eigenvalue weighted by Crippen LogP contribution is 2.34. The molecule has 0 spiro atoms. The van der Waals surface area contributed by atoms with E-state index in [0.29, 0.717) is 12.5 Å². The van der Waals surface area contributed by atoms with Crippen molar-refractivity contribution in [2.45, 2.75) is 57.5 Å². The molecule has 5 rings (SSSR count). The molecule has 1 N–H and O–H groups in total. The molecule has 0 unspecified atom stereocenters. The maximum absolute atomic E-state index is 12.8. The number of ether oxygens (including phenoxy) is 1. The zero-order valence-corrected chi connectivity index (χ0v) is 18.7. The zero-order chi connectivity index (χ0) is 21.2. The van der Waals surface area contributed by atoms with Crippen LogP contribution in [-0.4, -0.2) is 33.5 Å². The van der Waals surface area contributed by atoms with Crippen molar-refractivity contribution in [3.05, 3.63) is 62.8 Å². The third-order valence-electron chi connectivity index (χ3n) is 6.43. The van der Waals surface area contributed by atoms with Gasteiger partial charge in [0.25, 0.3) is 5.56 Å². The number of hydrogen-bond donors (Lipinski definition) is 1. The van der Waals surface area contributed by atoms with Gasteiger partial charge in [-0.3, -0.25) is 9.69 Å². The second-order valence-electron chi connectivity index (χ2n) is 8.50. The lowest BCUT2D eigenvalue weighted by atomic mass is 9.88. The number of aromatic nitrogens is 3.